The van der Waals surface area contributed by atoms with Crippen molar-refractivity contribution in [1.29, 1.82) is 0 Å². The zero-order valence-corrected chi connectivity index (χ0v) is 16.2. The molecule has 0 spiro atoms. The van der Waals surface area contributed by atoms with Gasteiger partial charge in [0.15, 0.2) is 5.65 Å². The maximum atomic E-state index is 14.3. The van der Waals surface area contributed by atoms with Gasteiger partial charge in [-0.05, 0) is 31.5 Å². The fraction of sp³-hybridized carbons (Fsp3) is 0.263. The Balaban J connectivity index is 1.70. The normalized spacial score (nSPS) is 10.9. The summed E-state index contributed by atoms with van der Waals surface area (Å²) in [6, 6.07) is 7.99. The van der Waals surface area contributed by atoms with Crippen molar-refractivity contribution in [3.63, 3.8) is 0 Å². The van der Waals surface area contributed by atoms with Crippen LogP contribution in [0, 0.1) is 19.7 Å². The smallest absolute Gasteiger partial charge is 0.270 e. The Morgan fingerprint density at radius 2 is 1.89 bits per heavy atom. The topological polar surface area (TPSA) is 88.4 Å². The van der Waals surface area contributed by atoms with E-state index in [4.69, 9.17) is 11.6 Å². The van der Waals surface area contributed by atoms with Crippen LogP contribution in [0.5, 0.6) is 0 Å². The zero-order chi connectivity index (χ0) is 20.3. The van der Waals surface area contributed by atoms with E-state index in [0.29, 0.717) is 28.2 Å². The van der Waals surface area contributed by atoms with E-state index in [1.54, 1.807) is 31.2 Å². The summed E-state index contributed by atoms with van der Waals surface area (Å²) in [5, 5.41) is 9.55. The van der Waals surface area contributed by atoms with Crippen LogP contribution >= 0.6 is 11.6 Å². The molecule has 28 heavy (non-hydrogen) atoms. The molecule has 2 heterocycles. The van der Waals surface area contributed by atoms with E-state index in [9.17, 15) is 14.0 Å². The van der Waals surface area contributed by atoms with Crippen LogP contribution in [0.1, 0.15) is 33.0 Å². The van der Waals surface area contributed by atoms with Crippen LogP contribution in [0.25, 0.3) is 5.65 Å². The summed E-state index contributed by atoms with van der Waals surface area (Å²) in [7, 11) is 0. The Hall–Kier alpha value is -3.00. The molecule has 0 unspecified atom stereocenters. The molecule has 3 rings (SSSR count). The molecule has 9 heteroatoms. The van der Waals surface area contributed by atoms with Crippen molar-refractivity contribution in [2.75, 3.05) is 5.88 Å². The molecule has 0 bridgehead atoms. The Morgan fingerprint density at radius 3 is 2.61 bits per heavy atom. The number of alkyl halides is 1. The molecule has 0 saturated carbocycles. The van der Waals surface area contributed by atoms with E-state index in [-0.39, 0.29) is 30.8 Å². The predicted octanol–water partition coefficient (Wildman–Crippen LogP) is 2.27. The third kappa shape index (κ3) is 4.45. The van der Waals surface area contributed by atoms with Crippen LogP contribution in [-0.2, 0) is 17.9 Å². The molecule has 1 aromatic carbocycles. The molecule has 0 fully saturated rings. The minimum absolute atomic E-state index is 0.0160. The number of amides is 2. The van der Waals surface area contributed by atoms with Crippen LogP contribution in [0.4, 0.5) is 4.39 Å². The molecule has 146 valence electrons. The molecular formula is C19H19ClFN5O2. The van der Waals surface area contributed by atoms with Gasteiger partial charge in [0, 0.05) is 30.4 Å². The molecule has 2 N–H and O–H groups in total. The molecule has 0 radical (unpaired) electrons. The van der Waals surface area contributed by atoms with E-state index in [2.05, 4.69) is 20.7 Å². The highest BCUT2D eigenvalue weighted by Crippen LogP contribution is 2.12. The van der Waals surface area contributed by atoms with Crippen LogP contribution in [0.15, 0.2) is 30.3 Å². The third-order valence-electron chi connectivity index (χ3n) is 4.08. The summed E-state index contributed by atoms with van der Waals surface area (Å²) in [6.07, 6.45) is 0. The number of aryl methyl sites for hydroxylation is 2. The standard InChI is InChI=1S/C19H19ClFN5O2/c1-11-5-16(26-17(24-11)6-12(2)25-26)19(28)23-10-14-4-3-13(7-15(14)21)9-22-18(27)8-20/h3-7H,8-10H2,1-2H3,(H,22,27)(H,23,28). The Labute approximate surface area is 165 Å². The van der Waals surface area contributed by atoms with Crippen molar-refractivity contribution in [3.8, 4) is 0 Å². The van der Waals surface area contributed by atoms with Crippen LogP contribution in [0.3, 0.4) is 0 Å². The molecule has 0 aliphatic carbocycles. The lowest BCUT2D eigenvalue weighted by Gasteiger charge is -2.10. The average Bonchev–Trinajstić information content (AvgIpc) is 3.04. The largest absolute Gasteiger partial charge is 0.351 e. The number of nitrogens with zero attached hydrogens (tertiary/aromatic N) is 3. The number of nitrogens with one attached hydrogen (secondary N) is 2. The Kier molecular flexibility index (Phi) is 5.89. The second-order valence-corrected chi connectivity index (χ2v) is 6.62. The number of hydrogen-bond donors (Lipinski definition) is 2. The Morgan fingerprint density at radius 1 is 1.11 bits per heavy atom. The lowest BCUT2D eigenvalue weighted by atomic mass is 10.1. The van der Waals surface area contributed by atoms with E-state index >= 15 is 0 Å². The summed E-state index contributed by atoms with van der Waals surface area (Å²) in [5.74, 6) is -1.32. The van der Waals surface area contributed by atoms with Gasteiger partial charge in [-0.1, -0.05) is 12.1 Å². The first-order valence-electron chi connectivity index (χ1n) is 8.59. The van der Waals surface area contributed by atoms with E-state index in [1.165, 1.54) is 10.6 Å². The number of carbonyl (C=O) groups excluding carboxylic acids is 2. The molecule has 2 aromatic heterocycles. The quantitative estimate of drug-likeness (QED) is 0.618. The molecule has 0 atom stereocenters. The summed E-state index contributed by atoms with van der Waals surface area (Å²) in [6.45, 7) is 3.81. The lowest BCUT2D eigenvalue weighted by Crippen LogP contribution is -2.26. The number of rotatable bonds is 6. The average molecular weight is 404 g/mol. The monoisotopic (exact) mass is 403 g/mol. The number of halogens is 2. The zero-order valence-electron chi connectivity index (χ0n) is 15.4. The molecule has 0 aliphatic rings. The van der Waals surface area contributed by atoms with Gasteiger partial charge in [0.05, 0.1) is 5.69 Å². The molecule has 0 saturated heterocycles. The molecule has 0 aliphatic heterocycles. The van der Waals surface area contributed by atoms with Crippen molar-refractivity contribution in [2.24, 2.45) is 0 Å². The molecule has 2 amide bonds. The van der Waals surface area contributed by atoms with Gasteiger partial charge in [0.2, 0.25) is 5.91 Å². The fourth-order valence-electron chi connectivity index (χ4n) is 2.73. The van der Waals surface area contributed by atoms with Gasteiger partial charge < -0.3 is 10.6 Å². The number of fused-ring (bicyclic) bond motifs is 1. The fourth-order valence-corrected chi connectivity index (χ4v) is 2.83. The molecule has 3 aromatic rings. The summed E-state index contributed by atoms with van der Waals surface area (Å²) in [5.41, 5.74) is 3.28. The first kappa shape index (κ1) is 19.8. The SMILES string of the molecule is Cc1cc(C(=O)NCc2ccc(CNC(=O)CCl)cc2F)n2nc(C)cc2n1. The Bertz CT molecular complexity index is 1050. The first-order valence-corrected chi connectivity index (χ1v) is 9.13. The highest BCUT2D eigenvalue weighted by molar-refractivity contribution is 6.27. The summed E-state index contributed by atoms with van der Waals surface area (Å²) in [4.78, 5) is 28.1. The highest BCUT2D eigenvalue weighted by atomic mass is 35.5. The van der Waals surface area contributed by atoms with Gasteiger partial charge in [-0.3, -0.25) is 9.59 Å². The van der Waals surface area contributed by atoms with E-state index in [0.717, 1.165) is 5.69 Å². The third-order valence-corrected chi connectivity index (χ3v) is 4.32. The predicted molar refractivity (Wildman–Crippen MR) is 103 cm³/mol. The van der Waals surface area contributed by atoms with Crippen molar-refractivity contribution in [3.05, 3.63) is 64.4 Å². The minimum atomic E-state index is -0.469. The lowest BCUT2D eigenvalue weighted by molar-refractivity contribution is -0.118. The van der Waals surface area contributed by atoms with E-state index in [1.807, 2.05) is 6.92 Å². The minimum Gasteiger partial charge on any atom is -0.351 e. The van der Waals surface area contributed by atoms with Gasteiger partial charge in [-0.25, -0.2) is 13.9 Å². The first-order chi connectivity index (χ1) is 13.4. The molecule has 7 nitrogen and oxygen atoms in total. The van der Waals surface area contributed by atoms with Crippen molar-refractivity contribution in [1.82, 2.24) is 25.2 Å². The summed E-state index contributed by atoms with van der Waals surface area (Å²) >= 11 is 5.41. The maximum absolute atomic E-state index is 14.3. The number of aromatic nitrogens is 3. The highest BCUT2D eigenvalue weighted by Gasteiger charge is 2.14. The number of benzene rings is 1. The number of carbonyl (C=O) groups is 2. The second kappa shape index (κ2) is 8.35. The van der Waals surface area contributed by atoms with Crippen LogP contribution in [0.2, 0.25) is 0 Å². The maximum Gasteiger partial charge on any atom is 0.270 e. The summed E-state index contributed by atoms with van der Waals surface area (Å²) < 4.78 is 15.8. The van der Waals surface area contributed by atoms with Crippen molar-refractivity contribution in [2.45, 2.75) is 26.9 Å². The van der Waals surface area contributed by atoms with Crippen molar-refractivity contribution < 1.29 is 14.0 Å². The molecular weight excluding hydrogens is 385 g/mol. The van der Waals surface area contributed by atoms with Gasteiger partial charge in [0.1, 0.15) is 17.4 Å². The number of hydrogen-bond acceptors (Lipinski definition) is 4. The van der Waals surface area contributed by atoms with Crippen molar-refractivity contribution >= 4 is 29.1 Å². The van der Waals surface area contributed by atoms with Crippen LogP contribution in [-0.4, -0.2) is 32.3 Å². The second-order valence-electron chi connectivity index (χ2n) is 6.36. The van der Waals surface area contributed by atoms with Gasteiger partial charge in [-0.2, -0.15) is 5.10 Å². The van der Waals surface area contributed by atoms with Gasteiger partial charge in [0.25, 0.3) is 5.91 Å². The van der Waals surface area contributed by atoms with Gasteiger partial charge in [-0.15, -0.1) is 11.6 Å². The van der Waals surface area contributed by atoms with Gasteiger partial charge >= 0.3 is 0 Å². The van der Waals surface area contributed by atoms with Crippen LogP contribution < -0.4 is 10.6 Å². The van der Waals surface area contributed by atoms with E-state index < -0.39 is 5.82 Å².